The van der Waals surface area contributed by atoms with Crippen molar-refractivity contribution in [3.05, 3.63) is 131 Å². The zero-order chi connectivity index (χ0) is 31.3. The lowest BCUT2D eigenvalue weighted by Gasteiger charge is -2.27. The van der Waals surface area contributed by atoms with Crippen molar-refractivity contribution >= 4 is 17.8 Å². The van der Waals surface area contributed by atoms with E-state index in [4.69, 9.17) is 10.5 Å². The van der Waals surface area contributed by atoms with Crippen LogP contribution in [0.1, 0.15) is 45.1 Å². The molecule has 0 saturated heterocycles. The molecule has 4 aromatic rings. The van der Waals surface area contributed by atoms with E-state index in [-0.39, 0.29) is 19.5 Å². The summed E-state index contributed by atoms with van der Waals surface area (Å²) in [5.74, 6) is -0.211. The van der Waals surface area contributed by atoms with Gasteiger partial charge < -0.3 is 21.1 Å². The highest BCUT2D eigenvalue weighted by atomic mass is 16.5. The van der Waals surface area contributed by atoms with Crippen molar-refractivity contribution in [2.45, 2.75) is 45.8 Å². The van der Waals surface area contributed by atoms with E-state index in [9.17, 15) is 14.4 Å². The van der Waals surface area contributed by atoms with Gasteiger partial charge in [-0.3, -0.25) is 19.5 Å². The van der Waals surface area contributed by atoms with Gasteiger partial charge in [-0.1, -0.05) is 54.6 Å². The Balaban J connectivity index is 1.59. The van der Waals surface area contributed by atoms with Gasteiger partial charge in [0, 0.05) is 44.0 Å². The average molecular weight is 594 g/mol. The van der Waals surface area contributed by atoms with E-state index in [1.807, 2.05) is 74.5 Å². The third-order valence-corrected chi connectivity index (χ3v) is 7.24. The summed E-state index contributed by atoms with van der Waals surface area (Å²) in [6.07, 6.45) is 3.96. The molecule has 9 heteroatoms. The number of aryl methyl sites for hydroxylation is 1. The fourth-order valence-corrected chi connectivity index (χ4v) is 4.81. The van der Waals surface area contributed by atoms with E-state index in [1.54, 1.807) is 36.7 Å². The van der Waals surface area contributed by atoms with Gasteiger partial charge in [-0.05, 0) is 78.4 Å². The molecule has 0 saturated carbocycles. The number of carbonyl (C=O) groups excluding carboxylic acids is 3. The molecule has 0 radical (unpaired) electrons. The average Bonchev–Trinajstić information content (AvgIpc) is 3.05. The van der Waals surface area contributed by atoms with Crippen LogP contribution in [0, 0.1) is 6.92 Å². The van der Waals surface area contributed by atoms with E-state index < -0.39 is 23.9 Å². The van der Waals surface area contributed by atoms with Crippen LogP contribution < -0.4 is 21.1 Å². The van der Waals surface area contributed by atoms with Crippen LogP contribution >= 0.6 is 0 Å². The van der Waals surface area contributed by atoms with Gasteiger partial charge in [0.25, 0.3) is 11.8 Å². The first-order valence-electron chi connectivity index (χ1n) is 14.7. The Morgan fingerprint density at radius 3 is 2.34 bits per heavy atom. The summed E-state index contributed by atoms with van der Waals surface area (Å²) in [4.78, 5) is 46.4. The quantitative estimate of drug-likeness (QED) is 0.209. The molecule has 1 heterocycles. The lowest BCUT2D eigenvalue weighted by molar-refractivity contribution is -0.130. The number of nitrogens with zero attached hydrogens (tertiary/aromatic N) is 2. The Hall–Kier alpha value is -5.02. The molecule has 0 aliphatic carbocycles. The number of rotatable bonds is 13. The molecule has 228 valence electrons. The third kappa shape index (κ3) is 8.99. The minimum Gasteiger partial charge on any atom is -0.494 e. The monoisotopic (exact) mass is 593 g/mol. The molecule has 9 nitrogen and oxygen atoms in total. The zero-order valence-corrected chi connectivity index (χ0v) is 25.2. The van der Waals surface area contributed by atoms with Crippen LogP contribution in [0.3, 0.4) is 0 Å². The van der Waals surface area contributed by atoms with Crippen LogP contribution in [0.5, 0.6) is 5.75 Å². The van der Waals surface area contributed by atoms with Crippen molar-refractivity contribution in [3.63, 3.8) is 0 Å². The van der Waals surface area contributed by atoms with Gasteiger partial charge in [-0.15, -0.1) is 0 Å². The summed E-state index contributed by atoms with van der Waals surface area (Å²) in [5.41, 5.74) is 10.8. The van der Waals surface area contributed by atoms with Crippen molar-refractivity contribution in [2.75, 3.05) is 13.2 Å². The molecule has 4 rings (SSSR count). The number of urea groups is 1. The summed E-state index contributed by atoms with van der Waals surface area (Å²) in [6.45, 7) is 5.16. The Bertz CT molecular complexity index is 1530. The van der Waals surface area contributed by atoms with Crippen LogP contribution in [-0.2, 0) is 30.7 Å². The van der Waals surface area contributed by atoms with Crippen LogP contribution in [0.15, 0.2) is 97.3 Å². The van der Waals surface area contributed by atoms with Crippen molar-refractivity contribution < 1.29 is 19.1 Å². The number of imide groups is 1. The van der Waals surface area contributed by atoms with E-state index in [0.29, 0.717) is 30.9 Å². The van der Waals surface area contributed by atoms with E-state index >= 15 is 0 Å². The SMILES string of the molecule is CCOc1ccc(C[C@@H](NC(=O)c2ccccc2)C(=O)N(CCc2cccnc2)C(=O)NCc2ccc(CN)c(C)c2)cc1. The van der Waals surface area contributed by atoms with Crippen LogP contribution in [0.2, 0.25) is 0 Å². The molecule has 0 aliphatic rings. The molecule has 44 heavy (non-hydrogen) atoms. The minimum absolute atomic E-state index is 0.0997. The molecule has 4 N–H and O–H groups in total. The number of hydrogen-bond donors (Lipinski definition) is 3. The fraction of sp³-hybridized carbons (Fsp3) is 0.257. The largest absolute Gasteiger partial charge is 0.494 e. The van der Waals surface area contributed by atoms with Gasteiger partial charge in [0.1, 0.15) is 11.8 Å². The number of amides is 4. The number of carbonyl (C=O) groups is 3. The molecule has 0 aliphatic heterocycles. The van der Waals surface area contributed by atoms with Gasteiger partial charge in [-0.2, -0.15) is 0 Å². The predicted octanol–water partition coefficient (Wildman–Crippen LogP) is 4.57. The Kier molecular flexibility index (Phi) is 11.6. The second kappa shape index (κ2) is 16.0. The molecule has 0 spiro atoms. The first-order valence-corrected chi connectivity index (χ1v) is 14.7. The van der Waals surface area contributed by atoms with Gasteiger partial charge in [0.15, 0.2) is 0 Å². The number of nitrogens with two attached hydrogens (primary N) is 1. The maximum Gasteiger partial charge on any atom is 0.324 e. The highest BCUT2D eigenvalue weighted by Gasteiger charge is 2.30. The zero-order valence-electron chi connectivity index (χ0n) is 25.2. The summed E-state index contributed by atoms with van der Waals surface area (Å²) < 4.78 is 5.55. The van der Waals surface area contributed by atoms with Gasteiger partial charge in [0.05, 0.1) is 6.61 Å². The lowest BCUT2D eigenvalue weighted by Crippen LogP contribution is -2.54. The van der Waals surface area contributed by atoms with E-state index in [1.165, 1.54) is 4.90 Å². The first kappa shape index (κ1) is 31.9. The molecule has 1 atom stereocenters. The van der Waals surface area contributed by atoms with Crippen molar-refractivity contribution in [1.29, 1.82) is 0 Å². The topological polar surface area (TPSA) is 127 Å². The van der Waals surface area contributed by atoms with Gasteiger partial charge >= 0.3 is 6.03 Å². The Morgan fingerprint density at radius 2 is 1.68 bits per heavy atom. The summed E-state index contributed by atoms with van der Waals surface area (Å²) >= 11 is 0. The smallest absolute Gasteiger partial charge is 0.324 e. The number of pyridine rings is 1. The first-order chi connectivity index (χ1) is 21.4. The van der Waals surface area contributed by atoms with Gasteiger partial charge in [-0.25, -0.2) is 4.79 Å². The summed E-state index contributed by atoms with van der Waals surface area (Å²) in [7, 11) is 0. The van der Waals surface area contributed by atoms with Crippen LogP contribution in [-0.4, -0.2) is 46.9 Å². The van der Waals surface area contributed by atoms with E-state index in [2.05, 4.69) is 15.6 Å². The second-order valence-corrected chi connectivity index (χ2v) is 10.4. The van der Waals surface area contributed by atoms with E-state index in [0.717, 1.165) is 27.8 Å². The third-order valence-electron chi connectivity index (χ3n) is 7.24. The molecular weight excluding hydrogens is 554 g/mol. The fourth-order valence-electron chi connectivity index (χ4n) is 4.81. The molecule has 0 unspecified atom stereocenters. The second-order valence-electron chi connectivity index (χ2n) is 10.4. The van der Waals surface area contributed by atoms with Crippen LogP contribution in [0.4, 0.5) is 4.79 Å². The maximum atomic E-state index is 14.2. The van der Waals surface area contributed by atoms with Crippen molar-refractivity contribution in [3.8, 4) is 5.75 Å². The molecule has 3 aromatic carbocycles. The van der Waals surface area contributed by atoms with Gasteiger partial charge in [0.2, 0.25) is 0 Å². The summed E-state index contributed by atoms with van der Waals surface area (Å²) in [6, 6.07) is 24.0. The summed E-state index contributed by atoms with van der Waals surface area (Å²) in [5, 5.41) is 5.78. The number of benzene rings is 3. The Labute approximate surface area is 258 Å². The highest BCUT2D eigenvalue weighted by molar-refractivity contribution is 6.01. The molecule has 0 fully saturated rings. The minimum atomic E-state index is -1.01. The Morgan fingerprint density at radius 1 is 0.932 bits per heavy atom. The number of ether oxygens (including phenoxy) is 1. The molecular formula is C35H39N5O4. The normalized spacial score (nSPS) is 11.3. The van der Waals surface area contributed by atoms with Crippen LogP contribution in [0.25, 0.3) is 0 Å². The maximum absolute atomic E-state index is 14.2. The number of nitrogens with one attached hydrogen (secondary N) is 2. The number of hydrogen-bond acceptors (Lipinski definition) is 6. The molecule has 1 aromatic heterocycles. The highest BCUT2D eigenvalue weighted by Crippen LogP contribution is 2.16. The number of aromatic nitrogens is 1. The predicted molar refractivity (Wildman–Crippen MR) is 170 cm³/mol. The lowest BCUT2D eigenvalue weighted by atomic mass is 10.0. The standard InChI is InChI=1S/C35H39N5O4/c1-3-44-31-15-12-26(13-16-31)21-32(39-33(41)29-9-5-4-6-10-29)34(42)40(19-17-27-8-7-18-37-23-27)35(43)38-24-28-11-14-30(22-36)25(2)20-28/h4-16,18,20,23,32H,3,17,19,21-22,24,36H2,1-2H3,(H,38,43)(H,39,41)/t32-/m1/s1. The molecule has 4 amide bonds. The van der Waals surface area contributed by atoms with Crippen molar-refractivity contribution in [2.24, 2.45) is 5.73 Å². The van der Waals surface area contributed by atoms with Crippen molar-refractivity contribution in [1.82, 2.24) is 20.5 Å². The molecule has 0 bridgehead atoms.